The fraction of sp³-hybridized carbons (Fsp3) is 0.417. The Labute approximate surface area is 114 Å². The standard InChI is InChI=1S/C12H14N4O2S/c1-8(16-5-4-13-10(17)7-16)11-14-15-12(18-11)9-3-2-6-19-9/h2-3,6,8H,4-5,7H2,1H3,(H,13,17)/t8-/m1/s1. The number of carbonyl (C=O) groups is 1. The molecule has 0 radical (unpaired) electrons. The van der Waals surface area contributed by atoms with Gasteiger partial charge in [0.2, 0.25) is 11.8 Å². The van der Waals surface area contributed by atoms with E-state index in [2.05, 4.69) is 15.5 Å². The molecule has 1 fully saturated rings. The Morgan fingerprint density at radius 3 is 3.16 bits per heavy atom. The van der Waals surface area contributed by atoms with Crippen molar-refractivity contribution in [2.45, 2.75) is 13.0 Å². The highest BCUT2D eigenvalue weighted by atomic mass is 32.1. The molecule has 0 bridgehead atoms. The predicted molar refractivity (Wildman–Crippen MR) is 70.6 cm³/mol. The number of aromatic nitrogens is 2. The second-order valence-corrected chi connectivity index (χ2v) is 5.37. The second-order valence-electron chi connectivity index (χ2n) is 4.42. The molecule has 2 aromatic rings. The number of nitrogens with zero attached hydrogens (tertiary/aromatic N) is 3. The maximum atomic E-state index is 11.4. The van der Waals surface area contributed by atoms with E-state index < -0.39 is 0 Å². The van der Waals surface area contributed by atoms with Crippen LogP contribution >= 0.6 is 11.3 Å². The van der Waals surface area contributed by atoms with Gasteiger partial charge in [0, 0.05) is 13.1 Å². The molecule has 100 valence electrons. The van der Waals surface area contributed by atoms with Crippen LogP contribution in [0.1, 0.15) is 18.9 Å². The molecule has 19 heavy (non-hydrogen) atoms. The summed E-state index contributed by atoms with van der Waals surface area (Å²) in [6.07, 6.45) is 0. The van der Waals surface area contributed by atoms with E-state index >= 15 is 0 Å². The molecule has 6 nitrogen and oxygen atoms in total. The number of carbonyl (C=O) groups excluding carboxylic acids is 1. The van der Waals surface area contributed by atoms with Crippen LogP contribution < -0.4 is 5.32 Å². The zero-order chi connectivity index (χ0) is 13.2. The summed E-state index contributed by atoms with van der Waals surface area (Å²) in [5.41, 5.74) is 0. The Bertz CT molecular complexity index is 566. The lowest BCUT2D eigenvalue weighted by molar-refractivity contribution is -0.124. The van der Waals surface area contributed by atoms with Crippen LogP contribution in [0.5, 0.6) is 0 Å². The SMILES string of the molecule is C[C@H](c1nnc(-c2cccs2)o1)N1CCNC(=O)C1. The zero-order valence-electron chi connectivity index (χ0n) is 10.5. The van der Waals surface area contributed by atoms with Crippen LogP contribution in [0.2, 0.25) is 0 Å². The Morgan fingerprint density at radius 2 is 2.42 bits per heavy atom. The highest BCUT2D eigenvalue weighted by molar-refractivity contribution is 7.13. The highest BCUT2D eigenvalue weighted by Gasteiger charge is 2.26. The molecular weight excluding hydrogens is 264 g/mol. The molecule has 1 N–H and O–H groups in total. The minimum Gasteiger partial charge on any atom is -0.418 e. The molecule has 0 unspecified atom stereocenters. The third-order valence-corrected chi connectivity index (χ3v) is 4.00. The monoisotopic (exact) mass is 278 g/mol. The first-order chi connectivity index (χ1) is 9.24. The second kappa shape index (κ2) is 5.10. The molecule has 0 saturated carbocycles. The van der Waals surface area contributed by atoms with Crippen molar-refractivity contribution >= 4 is 17.2 Å². The molecule has 3 rings (SSSR count). The molecule has 2 aromatic heterocycles. The van der Waals surface area contributed by atoms with Crippen molar-refractivity contribution in [3.63, 3.8) is 0 Å². The minimum atomic E-state index is -0.0488. The average molecular weight is 278 g/mol. The van der Waals surface area contributed by atoms with Gasteiger partial charge in [-0.3, -0.25) is 9.69 Å². The van der Waals surface area contributed by atoms with Crippen molar-refractivity contribution < 1.29 is 9.21 Å². The Morgan fingerprint density at radius 1 is 1.53 bits per heavy atom. The first-order valence-electron chi connectivity index (χ1n) is 6.12. The lowest BCUT2D eigenvalue weighted by atomic mass is 10.2. The maximum absolute atomic E-state index is 11.4. The van der Waals surface area contributed by atoms with Gasteiger partial charge in [-0.2, -0.15) is 0 Å². The van der Waals surface area contributed by atoms with Gasteiger partial charge in [0.05, 0.1) is 17.5 Å². The molecule has 1 atom stereocenters. The van der Waals surface area contributed by atoms with Crippen LogP contribution in [-0.2, 0) is 4.79 Å². The fourth-order valence-electron chi connectivity index (χ4n) is 2.05. The van der Waals surface area contributed by atoms with Crippen molar-refractivity contribution in [3.8, 4) is 10.8 Å². The first kappa shape index (κ1) is 12.3. The van der Waals surface area contributed by atoms with Crippen LogP contribution in [0.15, 0.2) is 21.9 Å². The van der Waals surface area contributed by atoms with Gasteiger partial charge in [-0.05, 0) is 18.4 Å². The number of rotatable bonds is 3. The Hall–Kier alpha value is -1.73. The molecule has 0 aliphatic carbocycles. The van der Waals surface area contributed by atoms with Gasteiger partial charge in [-0.1, -0.05) is 6.07 Å². The molecule has 7 heteroatoms. The maximum Gasteiger partial charge on any atom is 0.257 e. The molecule has 3 heterocycles. The van der Waals surface area contributed by atoms with Crippen LogP contribution in [0.3, 0.4) is 0 Å². The van der Waals surface area contributed by atoms with Gasteiger partial charge in [-0.15, -0.1) is 21.5 Å². The van der Waals surface area contributed by atoms with Crippen LogP contribution in [0.4, 0.5) is 0 Å². The lowest BCUT2D eigenvalue weighted by Gasteiger charge is -2.29. The largest absolute Gasteiger partial charge is 0.418 e. The number of thiophene rings is 1. The molecular formula is C12H14N4O2S. The fourth-order valence-corrected chi connectivity index (χ4v) is 2.69. The van der Waals surface area contributed by atoms with Gasteiger partial charge in [0.15, 0.2) is 0 Å². The van der Waals surface area contributed by atoms with Gasteiger partial charge >= 0.3 is 0 Å². The van der Waals surface area contributed by atoms with E-state index in [1.54, 1.807) is 11.3 Å². The van der Waals surface area contributed by atoms with Gasteiger partial charge < -0.3 is 9.73 Å². The third-order valence-electron chi connectivity index (χ3n) is 3.15. The normalized spacial score (nSPS) is 18.3. The Kier molecular flexibility index (Phi) is 3.31. The van der Waals surface area contributed by atoms with E-state index in [-0.39, 0.29) is 11.9 Å². The van der Waals surface area contributed by atoms with Crippen molar-refractivity contribution in [1.82, 2.24) is 20.4 Å². The summed E-state index contributed by atoms with van der Waals surface area (Å²) >= 11 is 1.56. The number of amides is 1. The van der Waals surface area contributed by atoms with Crippen molar-refractivity contribution in [1.29, 1.82) is 0 Å². The average Bonchev–Trinajstić information content (AvgIpc) is 3.08. The van der Waals surface area contributed by atoms with Crippen molar-refractivity contribution in [2.24, 2.45) is 0 Å². The van der Waals surface area contributed by atoms with E-state index in [9.17, 15) is 4.79 Å². The van der Waals surface area contributed by atoms with Gasteiger partial charge in [0.1, 0.15) is 0 Å². The van der Waals surface area contributed by atoms with E-state index in [0.29, 0.717) is 24.9 Å². The van der Waals surface area contributed by atoms with Crippen LogP contribution in [-0.4, -0.2) is 40.6 Å². The van der Waals surface area contributed by atoms with E-state index in [1.165, 1.54) is 0 Å². The van der Waals surface area contributed by atoms with Crippen molar-refractivity contribution in [2.75, 3.05) is 19.6 Å². The molecule has 1 amide bonds. The molecule has 1 aliphatic rings. The summed E-state index contributed by atoms with van der Waals surface area (Å²) in [7, 11) is 0. The third kappa shape index (κ3) is 2.52. The molecule has 1 saturated heterocycles. The van der Waals surface area contributed by atoms with Crippen molar-refractivity contribution in [3.05, 3.63) is 23.4 Å². The highest BCUT2D eigenvalue weighted by Crippen LogP contribution is 2.26. The van der Waals surface area contributed by atoms with E-state index in [4.69, 9.17) is 4.42 Å². The number of hydrogen-bond acceptors (Lipinski definition) is 6. The summed E-state index contributed by atoms with van der Waals surface area (Å²) in [5, 5.41) is 12.9. The predicted octanol–water partition coefficient (Wildman–Crippen LogP) is 1.29. The minimum absolute atomic E-state index is 0.0381. The summed E-state index contributed by atoms with van der Waals surface area (Å²) < 4.78 is 5.69. The molecule has 0 aromatic carbocycles. The quantitative estimate of drug-likeness (QED) is 0.916. The molecule has 0 spiro atoms. The van der Waals surface area contributed by atoms with Crippen LogP contribution in [0.25, 0.3) is 10.8 Å². The number of nitrogens with one attached hydrogen (secondary N) is 1. The summed E-state index contributed by atoms with van der Waals surface area (Å²) in [6.45, 7) is 3.81. The van der Waals surface area contributed by atoms with E-state index in [1.807, 2.05) is 29.3 Å². The number of hydrogen-bond donors (Lipinski definition) is 1. The summed E-state index contributed by atoms with van der Waals surface area (Å²) in [4.78, 5) is 14.4. The van der Waals surface area contributed by atoms with Gasteiger partial charge in [-0.25, -0.2) is 0 Å². The molecule has 1 aliphatic heterocycles. The Balaban J connectivity index is 1.77. The summed E-state index contributed by atoms with van der Waals surface area (Å²) in [6, 6.07) is 3.84. The topological polar surface area (TPSA) is 71.3 Å². The van der Waals surface area contributed by atoms with E-state index in [0.717, 1.165) is 11.4 Å². The summed E-state index contributed by atoms with van der Waals surface area (Å²) in [5.74, 6) is 1.13. The first-order valence-corrected chi connectivity index (χ1v) is 7.00. The smallest absolute Gasteiger partial charge is 0.257 e. The zero-order valence-corrected chi connectivity index (χ0v) is 11.3. The number of piperazine rings is 1. The van der Waals surface area contributed by atoms with Crippen LogP contribution in [0, 0.1) is 0 Å². The lowest BCUT2D eigenvalue weighted by Crippen LogP contribution is -2.48. The van der Waals surface area contributed by atoms with Gasteiger partial charge in [0.25, 0.3) is 5.89 Å².